The molecule has 1 aromatic carbocycles. The number of anilines is 1. The lowest BCUT2D eigenvalue weighted by atomic mass is 10.0. The van der Waals surface area contributed by atoms with Crippen LogP contribution in [-0.2, 0) is 14.8 Å². The van der Waals surface area contributed by atoms with Gasteiger partial charge in [-0.05, 0) is 69.7 Å². The van der Waals surface area contributed by atoms with Crippen molar-refractivity contribution in [3.05, 3.63) is 77.9 Å². The summed E-state index contributed by atoms with van der Waals surface area (Å²) in [5.74, 6) is 1.54. The fraction of sp³-hybridized carbons (Fsp3) is 0.276. The molecule has 0 aliphatic carbocycles. The topological polar surface area (TPSA) is 103 Å². The average molecular weight is 544 g/mol. The number of ether oxygens (including phenoxy) is 1. The second-order valence-corrected chi connectivity index (χ2v) is 11.8. The van der Waals surface area contributed by atoms with Gasteiger partial charge in [0.25, 0.3) is 10.0 Å². The molecule has 1 atom stereocenters. The van der Waals surface area contributed by atoms with E-state index in [9.17, 15) is 8.42 Å². The molecule has 0 saturated carbocycles. The van der Waals surface area contributed by atoms with Gasteiger partial charge < -0.3 is 14.2 Å². The molecule has 10 heteroatoms. The van der Waals surface area contributed by atoms with E-state index in [0.29, 0.717) is 29.9 Å². The molecule has 5 aromatic rings. The summed E-state index contributed by atoms with van der Waals surface area (Å²) in [6.45, 7) is 9.81. The number of rotatable bonds is 5. The van der Waals surface area contributed by atoms with E-state index in [1.54, 1.807) is 42.7 Å². The first-order chi connectivity index (χ1) is 18.7. The van der Waals surface area contributed by atoms with Crippen molar-refractivity contribution in [3.8, 4) is 22.4 Å². The van der Waals surface area contributed by atoms with Crippen LogP contribution >= 0.6 is 0 Å². The lowest BCUT2D eigenvalue weighted by Crippen LogP contribution is -2.44. The van der Waals surface area contributed by atoms with Gasteiger partial charge in [0.2, 0.25) is 0 Å². The van der Waals surface area contributed by atoms with Crippen LogP contribution in [0.1, 0.15) is 23.9 Å². The second kappa shape index (κ2) is 9.62. The average Bonchev–Trinajstić information content (AvgIpc) is 3.52. The molecule has 39 heavy (non-hydrogen) atoms. The first-order valence-corrected chi connectivity index (χ1v) is 14.3. The Balaban J connectivity index is 1.53. The van der Waals surface area contributed by atoms with Crippen LogP contribution in [0.3, 0.4) is 0 Å². The maximum atomic E-state index is 13.5. The van der Waals surface area contributed by atoms with Crippen molar-refractivity contribution >= 4 is 26.9 Å². The van der Waals surface area contributed by atoms with Gasteiger partial charge in [-0.3, -0.25) is 0 Å². The van der Waals surface area contributed by atoms with Crippen molar-refractivity contribution in [1.82, 2.24) is 19.1 Å². The van der Waals surface area contributed by atoms with Crippen LogP contribution in [-0.4, -0.2) is 53.3 Å². The van der Waals surface area contributed by atoms with Crippen LogP contribution in [0.4, 0.5) is 5.82 Å². The first kappa shape index (κ1) is 25.3. The Labute approximate surface area is 227 Å². The molecule has 5 heterocycles. The van der Waals surface area contributed by atoms with Crippen LogP contribution in [0.25, 0.3) is 33.4 Å². The van der Waals surface area contributed by atoms with Crippen LogP contribution in [0, 0.1) is 20.8 Å². The minimum Gasteiger partial charge on any atom is -0.377 e. The Bertz CT molecular complexity index is 1770. The highest BCUT2D eigenvalue weighted by molar-refractivity contribution is 7.90. The Morgan fingerprint density at radius 3 is 2.54 bits per heavy atom. The molecule has 0 spiro atoms. The van der Waals surface area contributed by atoms with E-state index >= 15 is 0 Å². The lowest BCUT2D eigenvalue weighted by molar-refractivity contribution is 0.0985. The minimum absolute atomic E-state index is 0.150. The Hall–Kier alpha value is -4.02. The van der Waals surface area contributed by atoms with Crippen LogP contribution < -0.4 is 4.90 Å². The molecular weight excluding hydrogens is 514 g/mol. The fourth-order valence-corrected chi connectivity index (χ4v) is 6.47. The number of nitrogens with zero attached hydrogens (tertiary/aromatic N) is 5. The van der Waals surface area contributed by atoms with Crippen molar-refractivity contribution in [1.29, 1.82) is 0 Å². The van der Waals surface area contributed by atoms with Crippen molar-refractivity contribution in [2.24, 2.45) is 0 Å². The van der Waals surface area contributed by atoms with Crippen molar-refractivity contribution in [2.45, 2.75) is 38.6 Å². The summed E-state index contributed by atoms with van der Waals surface area (Å²) in [7, 11) is -3.83. The zero-order valence-corrected chi connectivity index (χ0v) is 23.1. The SMILES string of the molecule is Cc1ccc(S(=O)(=O)n2ccc3c(-c4cc(-c5c(C)noc5C)cc(N5CCOC[C@H]5C)n4)ccnc32)cc1. The highest BCUT2D eigenvalue weighted by atomic mass is 32.2. The summed E-state index contributed by atoms with van der Waals surface area (Å²) in [5.41, 5.74) is 5.47. The number of fused-ring (bicyclic) bond motifs is 1. The van der Waals surface area contributed by atoms with E-state index in [1.807, 2.05) is 32.9 Å². The summed E-state index contributed by atoms with van der Waals surface area (Å²) in [5, 5.41) is 4.85. The fourth-order valence-electron chi connectivity index (χ4n) is 5.16. The zero-order valence-electron chi connectivity index (χ0n) is 22.2. The summed E-state index contributed by atoms with van der Waals surface area (Å²) in [6, 6.07) is 14.7. The first-order valence-electron chi connectivity index (χ1n) is 12.8. The lowest BCUT2D eigenvalue weighted by Gasteiger charge is -2.34. The van der Waals surface area contributed by atoms with E-state index in [0.717, 1.165) is 46.1 Å². The number of pyridine rings is 2. The van der Waals surface area contributed by atoms with Crippen molar-refractivity contribution in [2.75, 3.05) is 24.7 Å². The Morgan fingerprint density at radius 2 is 1.82 bits per heavy atom. The number of hydrogen-bond acceptors (Lipinski definition) is 8. The predicted molar refractivity (Wildman–Crippen MR) is 149 cm³/mol. The monoisotopic (exact) mass is 543 g/mol. The van der Waals surface area contributed by atoms with Gasteiger partial charge >= 0.3 is 0 Å². The van der Waals surface area contributed by atoms with Crippen molar-refractivity contribution < 1.29 is 17.7 Å². The summed E-state index contributed by atoms with van der Waals surface area (Å²) >= 11 is 0. The van der Waals surface area contributed by atoms with Gasteiger partial charge in [0.15, 0.2) is 5.65 Å². The summed E-state index contributed by atoms with van der Waals surface area (Å²) in [4.78, 5) is 12.0. The largest absolute Gasteiger partial charge is 0.377 e. The smallest absolute Gasteiger partial charge is 0.269 e. The van der Waals surface area contributed by atoms with E-state index in [2.05, 4.69) is 28.0 Å². The predicted octanol–water partition coefficient (Wildman–Crippen LogP) is 5.14. The summed E-state index contributed by atoms with van der Waals surface area (Å²) in [6.07, 6.45) is 3.18. The van der Waals surface area contributed by atoms with E-state index in [1.165, 1.54) is 3.97 Å². The molecule has 4 aromatic heterocycles. The molecule has 0 amide bonds. The Kier molecular flexibility index (Phi) is 6.23. The Morgan fingerprint density at radius 1 is 1.03 bits per heavy atom. The van der Waals surface area contributed by atoms with Gasteiger partial charge in [0.1, 0.15) is 11.6 Å². The normalized spacial score (nSPS) is 16.2. The number of hydrogen-bond donors (Lipinski definition) is 0. The van der Waals surface area contributed by atoms with Gasteiger partial charge in [-0.1, -0.05) is 22.9 Å². The third-order valence-electron chi connectivity index (χ3n) is 7.20. The molecule has 1 fully saturated rings. The number of aromatic nitrogens is 4. The quantitative estimate of drug-likeness (QED) is 0.300. The van der Waals surface area contributed by atoms with Gasteiger partial charge in [-0.25, -0.2) is 22.4 Å². The van der Waals surface area contributed by atoms with Crippen LogP contribution in [0.15, 0.2) is 70.3 Å². The summed E-state index contributed by atoms with van der Waals surface area (Å²) < 4.78 is 39.4. The van der Waals surface area contributed by atoms with Crippen molar-refractivity contribution in [3.63, 3.8) is 0 Å². The highest BCUT2D eigenvalue weighted by Gasteiger charge is 2.25. The number of morpholine rings is 1. The van der Waals surface area contributed by atoms with E-state index in [4.69, 9.17) is 14.2 Å². The number of benzene rings is 1. The van der Waals surface area contributed by atoms with Crippen LogP contribution in [0.2, 0.25) is 0 Å². The molecule has 0 N–H and O–H groups in total. The van der Waals surface area contributed by atoms with E-state index in [-0.39, 0.29) is 10.9 Å². The zero-order chi connectivity index (χ0) is 27.3. The second-order valence-electron chi connectivity index (χ2n) is 9.94. The minimum atomic E-state index is -3.83. The molecule has 6 rings (SSSR count). The molecule has 0 radical (unpaired) electrons. The molecule has 1 aliphatic heterocycles. The maximum absolute atomic E-state index is 13.5. The molecular formula is C29H29N5O4S. The third-order valence-corrected chi connectivity index (χ3v) is 8.88. The van der Waals surface area contributed by atoms with E-state index < -0.39 is 10.0 Å². The molecule has 0 unspecified atom stereocenters. The maximum Gasteiger partial charge on any atom is 0.269 e. The van der Waals surface area contributed by atoms with Crippen LogP contribution in [0.5, 0.6) is 0 Å². The van der Waals surface area contributed by atoms with Gasteiger partial charge in [0.05, 0.1) is 35.5 Å². The molecule has 200 valence electrons. The van der Waals surface area contributed by atoms with Gasteiger partial charge in [-0.2, -0.15) is 0 Å². The molecule has 1 saturated heterocycles. The van der Waals surface area contributed by atoms with Gasteiger partial charge in [-0.15, -0.1) is 0 Å². The van der Waals surface area contributed by atoms with Gasteiger partial charge in [0, 0.05) is 35.5 Å². The molecule has 9 nitrogen and oxygen atoms in total. The molecule has 0 bridgehead atoms. The third kappa shape index (κ3) is 4.39. The molecule has 1 aliphatic rings. The highest BCUT2D eigenvalue weighted by Crippen LogP contribution is 2.36. The standard InChI is InChI=1S/C29H29N5O4S/c1-18-5-7-23(8-6-18)39(35,36)34-12-10-25-24(9-11-30-29(25)34)26-15-22(28-20(3)32-38-21(28)4)16-27(31-26)33-13-14-37-17-19(33)2/h5-12,15-16,19H,13-14,17H2,1-4H3/t19-/m1/s1. The number of aryl methyl sites for hydroxylation is 3.